The fraction of sp³-hybridized carbons (Fsp3) is 0.353. The predicted molar refractivity (Wildman–Crippen MR) is 88.7 cm³/mol. The van der Waals surface area contributed by atoms with Gasteiger partial charge in [0.15, 0.2) is 0 Å². The first-order chi connectivity index (χ1) is 11.2. The maximum absolute atomic E-state index is 12.6. The zero-order valence-electron chi connectivity index (χ0n) is 13.2. The normalized spacial score (nSPS) is 14.8. The molecular weight excluding hydrogens is 292 g/mol. The summed E-state index contributed by atoms with van der Waals surface area (Å²) in [6, 6.07) is 13.1. The number of carbonyl (C=O) groups excluding carboxylic acids is 1. The van der Waals surface area contributed by atoms with Crippen molar-refractivity contribution in [2.75, 3.05) is 31.1 Å². The first-order valence-corrected chi connectivity index (χ1v) is 7.86. The highest BCUT2D eigenvalue weighted by Gasteiger charge is 2.23. The molecule has 1 amide bonds. The molecule has 0 spiro atoms. The Morgan fingerprint density at radius 2 is 1.74 bits per heavy atom. The predicted octanol–water partition coefficient (Wildman–Crippen LogP) is 1.23. The molecule has 2 aromatic rings. The quantitative estimate of drug-likeness (QED) is 0.855. The average molecular weight is 312 g/mol. The number of aromatic nitrogens is 2. The second-order valence-corrected chi connectivity index (χ2v) is 5.49. The molecule has 0 aliphatic carbocycles. The first-order valence-electron chi connectivity index (χ1n) is 7.86. The number of para-hydroxylation sites is 1. The second-order valence-electron chi connectivity index (χ2n) is 5.49. The van der Waals surface area contributed by atoms with Crippen LogP contribution >= 0.6 is 0 Å². The van der Waals surface area contributed by atoms with Crippen LogP contribution in [0.25, 0.3) is 0 Å². The van der Waals surface area contributed by atoms with Crippen LogP contribution in [-0.2, 0) is 6.54 Å². The molecular formula is C17H20N4O2. The minimum absolute atomic E-state index is 0.111. The molecule has 0 bridgehead atoms. The molecule has 2 heterocycles. The van der Waals surface area contributed by atoms with Crippen LogP contribution in [0.5, 0.6) is 0 Å². The van der Waals surface area contributed by atoms with Crippen LogP contribution in [-0.4, -0.2) is 46.8 Å². The molecule has 1 aromatic heterocycles. The van der Waals surface area contributed by atoms with Gasteiger partial charge in [-0.3, -0.25) is 9.59 Å². The summed E-state index contributed by atoms with van der Waals surface area (Å²) in [5.41, 5.74) is 1.33. The van der Waals surface area contributed by atoms with Gasteiger partial charge in [0.05, 0.1) is 0 Å². The Morgan fingerprint density at radius 3 is 2.39 bits per heavy atom. The van der Waals surface area contributed by atoms with Gasteiger partial charge in [-0.1, -0.05) is 18.2 Å². The third kappa shape index (κ3) is 3.26. The Hall–Kier alpha value is -2.63. The summed E-state index contributed by atoms with van der Waals surface area (Å²) < 4.78 is 1.31. The lowest BCUT2D eigenvalue weighted by molar-refractivity contribution is 0.0738. The van der Waals surface area contributed by atoms with Gasteiger partial charge in [-0.2, -0.15) is 5.10 Å². The van der Waals surface area contributed by atoms with E-state index >= 15 is 0 Å². The Labute approximate surface area is 134 Å². The van der Waals surface area contributed by atoms with Gasteiger partial charge in [0, 0.05) is 44.5 Å². The molecule has 120 valence electrons. The second kappa shape index (κ2) is 6.64. The van der Waals surface area contributed by atoms with Crippen molar-refractivity contribution in [3.8, 4) is 0 Å². The molecule has 0 saturated carbocycles. The maximum Gasteiger partial charge on any atom is 0.274 e. The van der Waals surface area contributed by atoms with Gasteiger partial charge < -0.3 is 9.80 Å². The minimum Gasteiger partial charge on any atom is -0.368 e. The number of anilines is 1. The third-order valence-corrected chi connectivity index (χ3v) is 4.07. The smallest absolute Gasteiger partial charge is 0.274 e. The van der Waals surface area contributed by atoms with E-state index in [-0.39, 0.29) is 11.5 Å². The van der Waals surface area contributed by atoms with Gasteiger partial charge in [-0.15, -0.1) is 0 Å². The SMILES string of the molecule is CCn1nc(C(=O)N2CCN(c3ccccc3)CC2)ccc1=O. The monoisotopic (exact) mass is 312 g/mol. The highest BCUT2D eigenvalue weighted by Crippen LogP contribution is 2.16. The van der Waals surface area contributed by atoms with E-state index in [2.05, 4.69) is 22.1 Å². The number of rotatable bonds is 3. The molecule has 1 aliphatic heterocycles. The number of hydrogen-bond donors (Lipinski definition) is 0. The van der Waals surface area contributed by atoms with Crippen LogP contribution in [0.4, 0.5) is 5.69 Å². The molecule has 0 atom stereocenters. The van der Waals surface area contributed by atoms with Crippen LogP contribution in [0.2, 0.25) is 0 Å². The Kier molecular flexibility index (Phi) is 4.41. The fourth-order valence-electron chi connectivity index (χ4n) is 2.76. The number of piperazine rings is 1. The Morgan fingerprint density at radius 1 is 1.04 bits per heavy atom. The minimum atomic E-state index is -0.182. The lowest BCUT2D eigenvalue weighted by atomic mass is 10.2. The van der Waals surface area contributed by atoms with Crippen LogP contribution in [0.3, 0.4) is 0 Å². The molecule has 1 fully saturated rings. The van der Waals surface area contributed by atoms with Crippen LogP contribution in [0, 0.1) is 0 Å². The van der Waals surface area contributed by atoms with Gasteiger partial charge in [0.25, 0.3) is 11.5 Å². The van der Waals surface area contributed by atoms with E-state index in [1.807, 2.05) is 25.1 Å². The van der Waals surface area contributed by atoms with E-state index in [0.29, 0.717) is 25.3 Å². The summed E-state index contributed by atoms with van der Waals surface area (Å²) in [4.78, 5) is 28.2. The average Bonchev–Trinajstić information content (AvgIpc) is 2.62. The number of nitrogens with zero attached hydrogens (tertiary/aromatic N) is 4. The third-order valence-electron chi connectivity index (χ3n) is 4.07. The van der Waals surface area contributed by atoms with Crippen molar-refractivity contribution in [2.24, 2.45) is 0 Å². The van der Waals surface area contributed by atoms with Crippen molar-refractivity contribution in [2.45, 2.75) is 13.5 Å². The van der Waals surface area contributed by atoms with Gasteiger partial charge in [-0.25, -0.2) is 4.68 Å². The van der Waals surface area contributed by atoms with Gasteiger partial charge in [0.2, 0.25) is 0 Å². The van der Waals surface area contributed by atoms with Crippen molar-refractivity contribution in [3.05, 3.63) is 58.5 Å². The number of benzene rings is 1. The van der Waals surface area contributed by atoms with Crippen LogP contribution in [0.15, 0.2) is 47.3 Å². The highest BCUT2D eigenvalue weighted by molar-refractivity contribution is 5.92. The summed E-state index contributed by atoms with van der Waals surface area (Å²) in [6.07, 6.45) is 0. The number of aryl methyl sites for hydroxylation is 1. The summed E-state index contributed by atoms with van der Waals surface area (Å²) in [5, 5.41) is 4.14. The topological polar surface area (TPSA) is 58.4 Å². The molecule has 0 radical (unpaired) electrons. The van der Waals surface area contributed by atoms with E-state index in [9.17, 15) is 9.59 Å². The number of hydrogen-bond acceptors (Lipinski definition) is 4. The van der Waals surface area contributed by atoms with Crippen molar-refractivity contribution < 1.29 is 4.79 Å². The zero-order chi connectivity index (χ0) is 16.2. The Balaban J connectivity index is 1.68. The van der Waals surface area contributed by atoms with Gasteiger partial charge in [0.1, 0.15) is 5.69 Å². The highest BCUT2D eigenvalue weighted by atomic mass is 16.2. The first kappa shape index (κ1) is 15.3. The molecule has 6 nitrogen and oxygen atoms in total. The van der Waals surface area contributed by atoms with Crippen molar-refractivity contribution >= 4 is 11.6 Å². The van der Waals surface area contributed by atoms with Crippen molar-refractivity contribution in [1.82, 2.24) is 14.7 Å². The summed E-state index contributed by atoms with van der Waals surface area (Å²) in [5.74, 6) is -0.111. The molecule has 23 heavy (non-hydrogen) atoms. The summed E-state index contributed by atoms with van der Waals surface area (Å²) in [6.45, 7) is 5.19. The lowest BCUT2D eigenvalue weighted by Gasteiger charge is -2.36. The molecule has 3 rings (SSSR count). The fourth-order valence-corrected chi connectivity index (χ4v) is 2.76. The Bertz CT molecular complexity index is 734. The van der Waals surface area contributed by atoms with E-state index in [1.54, 1.807) is 4.90 Å². The standard InChI is InChI=1S/C17H20N4O2/c1-2-21-16(22)9-8-15(18-21)17(23)20-12-10-19(11-13-20)14-6-4-3-5-7-14/h3-9H,2,10-13H2,1H3. The molecule has 1 saturated heterocycles. The molecule has 1 aliphatic rings. The molecule has 0 unspecified atom stereocenters. The number of carbonyl (C=O) groups is 1. The van der Waals surface area contributed by atoms with E-state index < -0.39 is 0 Å². The van der Waals surface area contributed by atoms with Gasteiger partial charge >= 0.3 is 0 Å². The molecule has 6 heteroatoms. The zero-order valence-corrected chi connectivity index (χ0v) is 13.2. The number of amides is 1. The summed E-state index contributed by atoms with van der Waals surface area (Å²) >= 11 is 0. The van der Waals surface area contributed by atoms with Crippen molar-refractivity contribution in [1.29, 1.82) is 0 Å². The van der Waals surface area contributed by atoms with Gasteiger partial charge in [-0.05, 0) is 25.1 Å². The van der Waals surface area contributed by atoms with E-state index in [4.69, 9.17) is 0 Å². The molecule has 1 aromatic carbocycles. The van der Waals surface area contributed by atoms with Crippen molar-refractivity contribution in [3.63, 3.8) is 0 Å². The van der Waals surface area contributed by atoms with Crippen LogP contribution < -0.4 is 10.5 Å². The van der Waals surface area contributed by atoms with E-state index in [1.165, 1.54) is 22.5 Å². The largest absolute Gasteiger partial charge is 0.368 e. The summed E-state index contributed by atoms with van der Waals surface area (Å²) in [7, 11) is 0. The maximum atomic E-state index is 12.6. The van der Waals surface area contributed by atoms with Crippen LogP contribution in [0.1, 0.15) is 17.4 Å². The lowest BCUT2D eigenvalue weighted by Crippen LogP contribution is -2.49. The van der Waals surface area contributed by atoms with E-state index in [0.717, 1.165) is 13.1 Å². The molecule has 0 N–H and O–H groups in total.